The van der Waals surface area contributed by atoms with Crippen molar-refractivity contribution in [3.63, 3.8) is 0 Å². The lowest BCUT2D eigenvalue weighted by atomic mass is 10.2. The number of aliphatic carboxylic acids is 1. The van der Waals surface area contributed by atoms with E-state index >= 15 is 0 Å². The van der Waals surface area contributed by atoms with Crippen LogP contribution in [0.25, 0.3) is 0 Å². The number of carbonyl (C=O) groups is 3. The minimum absolute atomic E-state index is 0.269. The summed E-state index contributed by atoms with van der Waals surface area (Å²) in [4.78, 5) is 34.1. The molecule has 0 aromatic rings. The van der Waals surface area contributed by atoms with Gasteiger partial charge in [0.15, 0.2) is 0 Å². The Balaban J connectivity index is 2.98. The van der Waals surface area contributed by atoms with Gasteiger partial charge in [0, 0.05) is 12.3 Å². The second-order valence-corrected chi connectivity index (χ2v) is 1.83. The number of hydrogen-bond acceptors (Lipinski definition) is 3. The molecular weight excluding hydrogens is 150 g/mol. The van der Waals surface area contributed by atoms with E-state index in [9.17, 15) is 14.4 Å². The number of dihydropyridines is 1. The lowest BCUT2D eigenvalue weighted by Gasteiger charge is -1.97. The molecule has 5 heteroatoms. The van der Waals surface area contributed by atoms with Crippen LogP contribution >= 0.6 is 0 Å². The molecule has 5 nitrogen and oxygen atoms in total. The Morgan fingerprint density at radius 3 is 2.55 bits per heavy atom. The van der Waals surface area contributed by atoms with Crippen LogP contribution in [0.4, 0.5) is 0 Å². The Hall–Kier alpha value is -1.78. The van der Waals surface area contributed by atoms with Gasteiger partial charge in [0.25, 0.3) is 0 Å². The van der Waals surface area contributed by atoms with Crippen LogP contribution in [0, 0.1) is 0 Å². The van der Waals surface area contributed by atoms with Crippen LogP contribution in [0.3, 0.4) is 0 Å². The molecular formula is C6H3NO4. The van der Waals surface area contributed by atoms with E-state index in [4.69, 9.17) is 5.11 Å². The molecule has 0 radical (unpaired) electrons. The third-order valence-electron chi connectivity index (χ3n) is 1.07. The number of ketones is 1. The molecule has 0 saturated heterocycles. The lowest BCUT2D eigenvalue weighted by Crippen LogP contribution is -2.17. The summed E-state index contributed by atoms with van der Waals surface area (Å²) in [5.74, 6) is -3.10. The van der Waals surface area contributed by atoms with Crippen molar-refractivity contribution in [1.82, 2.24) is 0 Å². The standard InChI is InChI=1S/C6H3NO4/c8-4-1-3(6(10)11)2-7-5(4)9/h1-2H,(H,10,11). The van der Waals surface area contributed by atoms with Crippen LogP contribution in [0.2, 0.25) is 0 Å². The highest BCUT2D eigenvalue weighted by Gasteiger charge is 2.18. The van der Waals surface area contributed by atoms with E-state index in [1.165, 1.54) is 0 Å². The quantitative estimate of drug-likeness (QED) is 0.498. The third kappa shape index (κ3) is 1.37. The molecule has 0 bridgehead atoms. The van der Waals surface area contributed by atoms with Gasteiger partial charge >= 0.3 is 11.9 Å². The van der Waals surface area contributed by atoms with Crippen molar-refractivity contribution in [2.75, 3.05) is 0 Å². The number of carboxylic acid groups (broad SMARTS) is 1. The maximum absolute atomic E-state index is 10.5. The Morgan fingerprint density at radius 2 is 2.09 bits per heavy atom. The van der Waals surface area contributed by atoms with E-state index in [1.54, 1.807) is 0 Å². The topological polar surface area (TPSA) is 83.8 Å². The van der Waals surface area contributed by atoms with Crippen molar-refractivity contribution in [3.8, 4) is 0 Å². The van der Waals surface area contributed by atoms with E-state index in [2.05, 4.69) is 4.99 Å². The predicted molar refractivity (Wildman–Crippen MR) is 34.2 cm³/mol. The summed E-state index contributed by atoms with van der Waals surface area (Å²) in [6.07, 6.45) is 1.60. The van der Waals surface area contributed by atoms with Crippen LogP contribution in [0.5, 0.6) is 0 Å². The van der Waals surface area contributed by atoms with Gasteiger partial charge in [0.05, 0.1) is 5.57 Å². The van der Waals surface area contributed by atoms with Crippen LogP contribution in [0.1, 0.15) is 0 Å². The molecule has 1 rings (SSSR count). The molecule has 0 aliphatic carbocycles. The highest BCUT2D eigenvalue weighted by atomic mass is 16.4. The fourth-order valence-corrected chi connectivity index (χ4v) is 0.549. The fraction of sp³-hybridized carbons (Fsp3) is 0. The van der Waals surface area contributed by atoms with Crippen molar-refractivity contribution in [2.24, 2.45) is 4.99 Å². The second-order valence-electron chi connectivity index (χ2n) is 1.83. The van der Waals surface area contributed by atoms with E-state index in [-0.39, 0.29) is 5.57 Å². The first-order chi connectivity index (χ1) is 5.11. The Kier molecular flexibility index (Phi) is 1.63. The Labute approximate surface area is 61.0 Å². The molecule has 0 aromatic heterocycles. The maximum Gasteiger partial charge on any atom is 0.337 e. The molecule has 1 amide bonds. The van der Waals surface area contributed by atoms with Gasteiger partial charge in [-0.2, -0.15) is 0 Å². The average molecular weight is 153 g/mol. The summed E-state index contributed by atoms with van der Waals surface area (Å²) in [6, 6.07) is 0. The smallest absolute Gasteiger partial charge is 0.337 e. The minimum atomic E-state index is -1.27. The van der Waals surface area contributed by atoms with Crippen molar-refractivity contribution >= 4 is 23.9 Å². The summed E-state index contributed by atoms with van der Waals surface area (Å²) in [6.45, 7) is 0. The molecule has 0 atom stereocenters. The van der Waals surface area contributed by atoms with Crippen molar-refractivity contribution in [2.45, 2.75) is 0 Å². The summed E-state index contributed by atoms with van der Waals surface area (Å²) >= 11 is 0. The predicted octanol–water partition coefficient (Wildman–Crippen LogP) is -0.823. The summed E-state index contributed by atoms with van der Waals surface area (Å²) in [7, 11) is 0. The first-order valence-electron chi connectivity index (χ1n) is 2.68. The molecule has 1 aliphatic heterocycles. The third-order valence-corrected chi connectivity index (χ3v) is 1.07. The van der Waals surface area contributed by atoms with Gasteiger partial charge in [0.1, 0.15) is 0 Å². The van der Waals surface area contributed by atoms with Gasteiger partial charge in [-0.1, -0.05) is 0 Å². The van der Waals surface area contributed by atoms with E-state index in [0.29, 0.717) is 0 Å². The number of carbonyl (C=O) groups excluding carboxylic acids is 2. The molecule has 1 N–H and O–H groups in total. The van der Waals surface area contributed by atoms with Crippen LogP contribution in [-0.2, 0) is 14.4 Å². The fourth-order valence-electron chi connectivity index (χ4n) is 0.549. The molecule has 0 fully saturated rings. The SMILES string of the molecule is O=C(O)C1=CC(=O)C(=O)N=C1. The van der Waals surface area contributed by atoms with E-state index < -0.39 is 17.7 Å². The number of nitrogens with zero attached hydrogens (tertiary/aromatic N) is 1. The van der Waals surface area contributed by atoms with Gasteiger partial charge in [-0.15, -0.1) is 0 Å². The highest BCUT2D eigenvalue weighted by Crippen LogP contribution is 1.98. The monoisotopic (exact) mass is 153 g/mol. The van der Waals surface area contributed by atoms with Crippen LogP contribution in [0.15, 0.2) is 16.6 Å². The summed E-state index contributed by atoms with van der Waals surface area (Å²) in [5.41, 5.74) is -0.269. The van der Waals surface area contributed by atoms with Crippen LogP contribution in [-0.4, -0.2) is 29.0 Å². The van der Waals surface area contributed by atoms with Crippen molar-refractivity contribution in [1.29, 1.82) is 0 Å². The van der Waals surface area contributed by atoms with E-state index in [1.807, 2.05) is 0 Å². The van der Waals surface area contributed by atoms with Crippen molar-refractivity contribution in [3.05, 3.63) is 11.6 Å². The molecule has 0 saturated carbocycles. The van der Waals surface area contributed by atoms with E-state index in [0.717, 1.165) is 12.3 Å². The van der Waals surface area contributed by atoms with Gasteiger partial charge in [-0.3, -0.25) is 9.59 Å². The van der Waals surface area contributed by atoms with Crippen LogP contribution < -0.4 is 0 Å². The molecule has 0 spiro atoms. The number of hydrogen-bond donors (Lipinski definition) is 1. The molecule has 56 valence electrons. The summed E-state index contributed by atoms with van der Waals surface area (Å²) < 4.78 is 0. The Bertz CT molecular complexity index is 300. The first kappa shape index (κ1) is 7.33. The molecule has 1 aliphatic rings. The lowest BCUT2D eigenvalue weighted by molar-refractivity contribution is -0.134. The molecule has 0 unspecified atom stereocenters. The van der Waals surface area contributed by atoms with Gasteiger partial charge in [-0.05, 0) is 0 Å². The van der Waals surface area contributed by atoms with Gasteiger partial charge in [0.2, 0.25) is 5.78 Å². The number of amides is 1. The van der Waals surface area contributed by atoms with Gasteiger partial charge in [-0.25, -0.2) is 9.79 Å². The zero-order chi connectivity index (χ0) is 8.43. The normalized spacial score (nSPS) is 16.5. The molecule has 1 heterocycles. The number of aliphatic imine (C=N–C) groups is 1. The Morgan fingerprint density at radius 1 is 1.45 bits per heavy atom. The van der Waals surface area contributed by atoms with Gasteiger partial charge < -0.3 is 5.11 Å². The maximum atomic E-state index is 10.5. The number of carboxylic acids is 1. The zero-order valence-electron chi connectivity index (χ0n) is 5.27. The molecule has 11 heavy (non-hydrogen) atoms. The largest absolute Gasteiger partial charge is 0.478 e. The first-order valence-corrected chi connectivity index (χ1v) is 2.68. The summed E-state index contributed by atoms with van der Waals surface area (Å²) in [5, 5.41) is 8.32. The van der Waals surface area contributed by atoms with Crippen molar-refractivity contribution < 1.29 is 19.5 Å². The number of rotatable bonds is 1. The molecule has 0 aromatic carbocycles. The second kappa shape index (κ2) is 2.45. The minimum Gasteiger partial charge on any atom is -0.478 e. The average Bonchev–Trinajstić information content (AvgIpc) is 1.94. The highest BCUT2D eigenvalue weighted by molar-refractivity contribution is 6.45. The zero-order valence-corrected chi connectivity index (χ0v) is 5.27.